The van der Waals surface area contributed by atoms with Gasteiger partial charge in [0.2, 0.25) is 0 Å². The Morgan fingerprint density at radius 2 is 1.54 bits per heavy atom. The van der Waals surface area contributed by atoms with Crippen LogP contribution in [0.15, 0.2) is 71.3 Å². The third-order valence-corrected chi connectivity index (χ3v) is 4.13. The lowest BCUT2D eigenvalue weighted by Crippen LogP contribution is -2.42. The van der Waals surface area contributed by atoms with Gasteiger partial charge in [0.15, 0.2) is 11.4 Å². The third-order valence-electron chi connectivity index (χ3n) is 3.88. The first-order valence-corrected chi connectivity index (χ1v) is 8.92. The van der Waals surface area contributed by atoms with Crippen molar-refractivity contribution in [2.75, 3.05) is 10.6 Å². The number of carbonyl (C=O) groups is 2. The highest BCUT2D eigenvalue weighted by atomic mass is 35.5. The van der Waals surface area contributed by atoms with Crippen LogP contribution in [0.2, 0.25) is 5.02 Å². The highest BCUT2D eigenvalue weighted by molar-refractivity contribution is 6.30. The van der Waals surface area contributed by atoms with E-state index in [2.05, 4.69) is 10.6 Å². The van der Waals surface area contributed by atoms with E-state index in [1.165, 1.54) is 6.26 Å². The van der Waals surface area contributed by atoms with Crippen molar-refractivity contribution in [3.05, 3.63) is 77.7 Å². The monoisotopic (exact) mass is 398 g/mol. The Morgan fingerprint density at radius 1 is 0.929 bits per heavy atom. The molecule has 0 saturated heterocycles. The molecular formula is C21H19ClN2O4. The second-order valence-electron chi connectivity index (χ2n) is 6.53. The fourth-order valence-electron chi connectivity index (χ4n) is 2.36. The van der Waals surface area contributed by atoms with Crippen LogP contribution in [0.25, 0.3) is 0 Å². The quantitative estimate of drug-likeness (QED) is 0.613. The van der Waals surface area contributed by atoms with Gasteiger partial charge in [-0.2, -0.15) is 0 Å². The lowest BCUT2D eigenvalue weighted by atomic mass is 10.1. The van der Waals surface area contributed by atoms with Crippen molar-refractivity contribution < 1.29 is 18.7 Å². The normalized spacial score (nSPS) is 11.0. The molecule has 2 N–H and O–H groups in total. The molecule has 0 bridgehead atoms. The van der Waals surface area contributed by atoms with Crippen molar-refractivity contribution in [1.29, 1.82) is 0 Å². The van der Waals surface area contributed by atoms with Crippen LogP contribution < -0.4 is 15.4 Å². The molecule has 0 fully saturated rings. The largest absolute Gasteiger partial charge is 0.478 e. The van der Waals surface area contributed by atoms with Gasteiger partial charge >= 0.3 is 0 Å². The number of ether oxygens (including phenoxy) is 1. The summed E-state index contributed by atoms with van der Waals surface area (Å²) in [5.74, 6) is 0.105. The predicted octanol–water partition coefficient (Wildman–Crippen LogP) is 4.98. The van der Waals surface area contributed by atoms with E-state index >= 15 is 0 Å². The SMILES string of the molecule is CC(C)(Oc1ccc(Cl)cc1)C(=O)Nc1ccc(NC(=O)c2ccco2)cc1. The van der Waals surface area contributed by atoms with Gasteiger partial charge in [0.05, 0.1) is 6.26 Å². The summed E-state index contributed by atoms with van der Waals surface area (Å²) in [5.41, 5.74) is 0.0601. The van der Waals surface area contributed by atoms with Crippen molar-refractivity contribution in [2.24, 2.45) is 0 Å². The van der Waals surface area contributed by atoms with Crippen LogP contribution in [-0.2, 0) is 4.79 Å². The first-order valence-electron chi connectivity index (χ1n) is 8.54. The summed E-state index contributed by atoms with van der Waals surface area (Å²) in [7, 11) is 0. The number of halogens is 1. The molecule has 1 aromatic heterocycles. The summed E-state index contributed by atoms with van der Waals surface area (Å²) in [6.07, 6.45) is 1.43. The minimum atomic E-state index is -1.10. The maximum Gasteiger partial charge on any atom is 0.291 e. The van der Waals surface area contributed by atoms with Crippen molar-refractivity contribution in [1.82, 2.24) is 0 Å². The molecule has 0 radical (unpaired) electrons. The van der Waals surface area contributed by atoms with Crippen LogP contribution in [0.1, 0.15) is 24.4 Å². The van der Waals surface area contributed by atoms with Crippen LogP contribution in [0.3, 0.4) is 0 Å². The molecule has 6 nitrogen and oxygen atoms in total. The molecule has 28 heavy (non-hydrogen) atoms. The molecule has 0 spiro atoms. The summed E-state index contributed by atoms with van der Waals surface area (Å²) >= 11 is 5.86. The van der Waals surface area contributed by atoms with Gasteiger partial charge in [0, 0.05) is 16.4 Å². The van der Waals surface area contributed by atoms with Crippen LogP contribution in [0.4, 0.5) is 11.4 Å². The van der Waals surface area contributed by atoms with E-state index in [9.17, 15) is 9.59 Å². The molecule has 0 saturated carbocycles. The zero-order chi connectivity index (χ0) is 20.1. The zero-order valence-electron chi connectivity index (χ0n) is 15.4. The van der Waals surface area contributed by atoms with Crippen molar-refractivity contribution >= 4 is 34.8 Å². The first kappa shape index (κ1) is 19.5. The maximum absolute atomic E-state index is 12.6. The molecule has 1 heterocycles. The molecule has 2 aromatic carbocycles. The second-order valence-corrected chi connectivity index (χ2v) is 6.97. The molecule has 0 aliphatic carbocycles. The fourth-order valence-corrected chi connectivity index (χ4v) is 2.49. The van der Waals surface area contributed by atoms with Crippen molar-refractivity contribution in [3.63, 3.8) is 0 Å². The van der Waals surface area contributed by atoms with Gasteiger partial charge < -0.3 is 19.8 Å². The van der Waals surface area contributed by atoms with E-state index in [1.807, 2.05) is 0 Å². The Kier molecular flexibility index (Phi) is 5.70. The Labute approximate surface area is 167 Å². The highest BCUT2D eigenvalue weighted by Crippen LogP contribution is 2.23. The van der Waals surface area contributed by atoms with Crippen molar-refractivity contribution in [2.45, 2.75) is 19.4 Å². The number of hydrogen-bond acceptors (Lipinski definition) is 4. The highest BCUT2D eigenvalue weighted by Gasteiger charge is 2.30. The van der Waals surface area contributed by atoms with Crippen LogP contribution in [-0.4, -0.2) is 17.4 Å². The van der Waals surface area contributed by atoms with Gasteiger partial charge in [0.1, 0.15) is 5.75 Å². The fraction of sp³-hybridized carbons (Fsp3) is 0.143. The third kappa shape index (κ3) is 4.92. The summed E-state index contributed by atoms with van der Waals surface area (Å²) < 4.78 is 10.8. The number of anilines is 2. The smallest absolute Gasteiger partial charge is 0.291 e. The zero-order valence-corrected chi connectivity index (χ0v) is 16.1. The minimum absolute atomic E-state index is 0.221. The van der Waals surface area contributed by atoms with Gasteiger partial charge in [0.25, 0.3) is 11.8 Å². The van der Waals surface area contributed by atoms with E-state index in [0.29, 0.717) is 22.1 Å². The van der Waals surface area contributed by atoms with Gasteiger partial charge in [-0.3, -0.25) is 9.59 Å². The topological polar surface area (TPSA) is 80.6 Å². The second kappa shape index (κ2) is 8.19. The molecule has 2 amide bonds. The Balaban J connectivity index is 1.60. The number of hydrogen-bond donors (Lipinski definition) is 2. The molecule has 3 aromatic rings. The molecule has 3 rings (SSSR count). The number of furan rings is 1. The first-order chi connectivity index (χ1) is 13.3. The Hall–Kier alpha value is -3.25. The maximum atomic E-state index is 12.6. The molecule has 0 aliphatic heterocycles. The summed E-state index contributed by atoms with van der Waals surface area (Å²) in [6.45, 7) is 3.35. The standard InChI is InChI=1S/C21H19ClN2O4/c1-21(2,28-17-11-5-14(22)6-12-17)20(26)24-16-9-7-15(8-10-16)23-19(25)18-4-3-13-27-18/h3-13H,1-2H3,(H,23,25)(H,24,26). The van der Waals surface area contributed by atoms with Crippen LogP contribution in [0, 0.1) is 0 Å². The van der Waals surface area contributed by atoms with E-state index in [1.54, 1.807) is 74.5 Å². The molecule has 0 atom stereocenters. The molecule has 144 valence electrons. The number of nitrogens with one attached hydrogen (secondary N) is 2. The van der Waals surface area contributed by atoms with Crippen molar-refractivity contribution in [3.8, 4) is 5.75 Å². The Morgan fingerprint density at radius 3 is 2.11 bits per heavy atom. The van der Waals surface area contributed by atoms with E-state index in [4.69, 9.17) is 20.8 Å². The van der Waals surface area contributed by atoms with Crippen LogP contribution >= 0.6 is 11.6 Å². The molecule has 0 unspecified atom stereocenters. The van der Waals surface area contributed by atoms with E-state index in [-0.39, 0.29) is 17.6 Å². The molecule has 0 aliphatic rings. The summed E-state index contributed by atoms with van der Waals surface area (Å²) in [5, 5.41) is 6.10. The van der Waals surface area contributed by atoms with Crippen LogP contribution in [0.5, 0.6) is 5.75 Å². The molecular weight excluding hydrogens is 380 g/mol. The summed E-state index contributed by atoms with van der Waals surface area (Å²) in [6, 6.07) is 16.8. The van der Waals surface area contributed by atoms with E-state index in [0.717, 1.165) is 0 Å². The van der Waals surface area contributed by atoms with Gasteiger partial charge in [-0.25, -0.2) is 0 Å². The average Bonchev–Trinajstić information content (AvgIpc) is 3.20. The van der Waals surface area contributed by atoms with E-state index < -0.39 is 5.60 Å². The summed E-state index contributed by atoms with van der Waals surface area (Å²) in [4.78, 5) is 24.5. The number of rotatable bonds is 6. The van der Waals surface area contributed by atoms with Gasteiger partial charge in [-0.1, -0.05) is 11.6 Å². The average molecular weight is 399 g/mol. The van der Waals surface area contributed by atoms with Gasteiger partial charge in [-0.05, 0) is 74.5 Å². The lowest BCUT2D eigenvalue weighted by molar-refractivity contribution is -0.128. The Bertz CT molecular complexity index is 949. The van der Waals surface area contributed by atoms with Gasteiger partial charge in [-0.15, -0.1) is 0 Å². The lowest BCUT2D eigenvalue weighted by Gasteiger charge is -2.25. The minimum Gasteiger partial charge on any atom is -0.478 e. The predicted molar refractivity (Wildman–Crippen MR) is 108 cm³/mol. The number of carbonyl (C=O) groups excluding carboxylic acids is 2. The number of benzene rings is 2. The number of amides is 2. The molecule has 7 heteroatoms.